The quantitative estimate of drug-likeness (QED) is 0.759. The molecule has 124 valence electrons. The van der Waals surface area contributed by atoms with E-state index in [1.165, 1.54) is 11.4 Å². The Labute approximate surface area is 139 Å². The van der Waals surface area contributed by atoms with Crippen LogP contribution in [0.2, 0.25) is 0 Å². The fourth-order valence-electron chi connectivity index (χ4n) is 3.32. The Bertz CT molecular complexity index is 795. The van der Waals surface area contributed by atoms with Gasteiger partial charge in [0.25, 0.3) is 0 Å². The molecule has 1 aliphatic heterocycles. The van der Waals surface area contributed by atoms with Crippen LogP contribution in [0.25, 0.3) is 11.4 Å². The molecule has 2 N–H and O–H groups in total. The van der Waals surface area contributed by atoms with Gasteiger partial charge in [-0.25, -0.2) is 0 Å². The van der Waals surface area contributed by atoms with Gasteiger partial charge >= 0.3 is 0 Å². The summed E-state index contributed by atoms with van der Waals surface area (Å²) in [6, 6.07) is 8.29. The Morgan fingerprint density at radius 3 is 2.46 bits per heavy atom. The van der Waals surface area contributed by atoms with Crippen LogP contribution in [0.15, 0.2) is 24.3 Å². The fourth-order valence-corrected chi connectivity index (χ4v) is 3.32. The van der Waals surface area contributed by atoms with Crippen molar-refractivity contribution >= 4 is 11.4 Å². The zero-order valence-corrected chi connectivity index (χ0v) is 13.8. The fraction of sp³-hybridized carbons (Fsp3) is 0.375. The van der Waals surface area contributed by atoms with Gasteiger partial charge in [0.05, 0.1) is 17.1 Å². The molecular formula is C16H20N8. The molecule has 8 nitrogen and oxygen atoms in total. The second-order valence-corrected chi connectivity index (χ2v) is 6.04. The van der Waals surface area contributed by atoms with Crippen LogP contribution in [0.1, 0.15) is 11.4 Å². The molecule has 4 rings (SSSR count). The number of benzene rings is 1. The summed E-state index contributed by atoms with van der Waals surface area (Å²) >= 11 is 0. The maximum atomic E-state index is 4.31. The van der Waals surface area contributed by atoms with Gasteiger partial charge in [-0.15, -0.1) is 10.2 Å². The van der Waals surface area contributed by atoms with Crippen LogP contribution < -0.4 is 9.80 Å². The summed E-state index contributed by atoms with van der Waals surface area (Å²) in [5, 5.41) is 21.6. The highest BCUT2D eigenvalue weighted by Gasteiger charge is 2.21. The average molecular weight is 324 g/mol. The van der Waals surface area contributed by atoms with E-state index in [4.69, 9.17) is 0 Å². The lowest BCUT2D eigenvalue weighted by atomic mass is 10.1. The Hall–Kier alpha value is -2.90. The van der Waals surface area contributed by atoms with Crippen LogP contribution in [-0.2, 0) is 0 Å². The van der Waals surface area contributed by atoms with E-state index in [0.29, 0.717) is 5.82 Å². The maximum Gasteiger partial charge on any atom is 0.204 e. The first-order valence-electron chi connectivity index (χ1n) is 8.08. The van der Waals surface area contributed by atoms with E-state index in [1.54, 1.807) is 0 Å². The monoisotopic (exact) mass is 324 g/mol. The van der Waals surface area contributed by atoms with Crippen molar-refractivity contribution in [2.24, 2.45) is 0 Å². The zero-order valence-electron chi connectivity index (χ0n) is 13.8. The van der Waals surface area contributed by atoms with Crippen molar-refractivity contribution in [3.05, 3.63) is 35.7 Å². The number of nitrogens with one attached hydrogen (secondary N) is 2. The van der Waals surface area contributed by atoms with Gasteiger partial charge in [0.2, 0.25) is 5.82 Å². The van der Waals surface area contributed by atoms with Crippen LogP contribution in [0.3, 0.4) is 0 Å². The van der Waals surface area contributed by atoms with Gasteiger partial charge in [0.15, 0.2) is 0 Å². The lowest BCUT2D eigenvalue weighted by Gasteiger charge is -2.37. The summed E-state index contributed by atoms with van der Waals surface area (Å²) in [6.45, 7) is 8.04. The summed E-state index contributed by atoms with van der Waals surface area (Å²) in [5.74, 6) is 0.625. The Morgan fingerprint density at radius 2 is 1.79 bits per heavy atom. The highest BCUT2D eigenvalue weighted by Crippen LogP contribution is 2.26. The molecular weight excluding hydrogens is 304 g/mol. The van der Waals surface area contributed by atoms with Crippen LogP contribution >= 0.6 is 0 Å². The first kappa shape index (κ1) is 14.7. The molecule has 8 heteroatoms. The minimum Gasteiger partial charge on any atom is -0.368 e. The number of piperazine rings is 1. The third-order valence-electron chi connectivity index (χ3n) is 4.50. The van der Waals surface area contributed by atoms with E-state index < -0.39 is 0 Å². The second-order valence-electron chi connectivity index (χ2n) is 6.04. The molecule has 1 fully saturated rings. The van der Waals surface area contributed by atoms with Gasteiger partial charge in [0, 0.05) is 37.4 Å². The number of hydrogen-bond donors (Lipinski definition) is 2. The Balaban J connectivity index is 1.49. The SMILES string of the molecule is Cc1n[nH]c(C)c1N1CCN(c2cccc(-c3nn[nH]n3)c2)CC1. The molecule has 0 spiro atoms. The lowest BCUT2D eigenvalue weighted by Crippen LogP contribution is -2.46. The second kappa shape index (κ2) is 5.95. The molecule has 3 heterocycles. The van der Waals surface area contributed by atoms with Gasteiger partial charge in [-0.2, -0.15) is 10.3 Å². The molecule has 0 radical (unpaired) electrons. The van der Waals surface area contributed by atoms with E-state index in [2.05, 4.69) is 66.6 Å². The van der Waals surface area contributed by atoms with E-state index in [-0.39, 0.29) is 0 Å². The molecule has 0 bridgehead atoms. The Morgan fingerprint density at radius 1 is 1.00 bits per heavy atom. The van der Waals surface area contributed by atoms with Crippen LogP contribution in [0.5, 0.6) is 0 Å². The van der Waals surface area contributed by atoms with Crippen molar-refractivity contribution in [2.45, 2.75) is 13.8 Å². The molecule has 24 heavy (non-hydrogen) atoms. The molecule has 1 aromatic carbocycles. The van der Waals surface area contributed by atoms with Crippen molar-refractivity contribution in [2.75, 3.05) is 36.0 Å². The van der Waals surface area contributed by atoms with E-state index in [0.717, 1.165) is 43.1 Å². The van der Waals surface area contributed by atoms with E-state index >= 15 is 0 Å². The third kappa shape index (κ3) is 2.60. The molecule has 0 amide bonds. The van der Waals surface area contributed by atoms with Gasteiger partial charge in [-0.05, 0) is 31.2 Å². The summed E-state index contributed by atoms with van der Waals surface area (Å²) in [6.07, 6.45) is 0. The lowest BCUT2D eigenvalue weighted by molar-refractivity contribution is 0.651. The molecule has 0 atom stereocenters. The number of aryl methyl sites for hydroxylation is 2. The van der Waals surface area contributed by atoms with E-state index in [1.807, 2.05) is 12.1 Å². The van der Waals surface area contributed by atoms with Crippen LogP contribution in [0.4, 0.5) is 11.4 Å². The Kier molecular flexibility index (Phi) is 3.64. The topological polar surface area (TPSA) is 89.6 Å². The average Bonchev–Trinajstić information content (AvgIpc) is 3.26. The summed E-state index contributed by atoms with van der Waals surface area (Å²) < 4.78 is 0. The van der Waals surface area contributed by atoms with Crippen LogP contribution in [-0.4, -0.2) is 57.0 Å². The van der Waals surface area contributed by atoms with Crippen molar-refractivity contribution in [3.63, 3.8) is 0 Å². The minimum atomic E-state index is 0.625. The first-order chi connectivity index (χ1) is 11.7. The zero-order chi connectivity index (χ0) is 16.5. The normalized spacial score (nSPS) is 15.1. The van der Waals surface area contributed by atoms with Crippen molar-refractivity contribution in [3.8, 4) is 11.4 Å². The highest BCUT2D eigenvalue weighted by molar-refractivity contribution is 5.63. The van der Waals surface area contributed by atoms with Crippen molar-refractivity contribution in [1.29, 1.82) is 0 Å². The summed E-state index contributed by atoms with van der Waals surface area (Å²) in [5.41, 5.74) is 5.62. The molecule has 0 unspecified atom stereocenters. The van der Waals surface area contributed by atoms with Gasteiger partial charge in [0.1, 0.15) is 0 Å². The first-order valence-corrected chi connectivity index (χ1v) is 8.08. The maximum absolute atomic E-state index is 4.31. The highest BCUT2D eigenvalue weighted by atomic mass is 15.5. The molecule has 1 aliphatic rings. The van der Waals surface area contributed by atoms with E-state index in [9.17, 15) is 0 Å². The third-order valence-corrected chi connectivity index (χ3v) is 4.50. The summed E-state index contributed by atoms with van der Waals surface area (Å²) in [4.78, 5) is 4.80. The van der Waals surface area contributed by atoms with Crippen molar-refractivity contribution < 1.29 is 0 Å². The number of H-pyrrole nitrogens is 2. The van der Waals surface area contributed by atoms with Crippen LogP contribution in [0, 0.1) is 13.8 Å². The minimum absolute atomic E-state index is 0.625. The number of aromatic amines is 2. The largest absolute Gasteiger partial charge is 0.368 e. The molecule has 1 saturated heterocycles. The number of hydrogen-bond acceptors (Lipinski definition) is 6. The van der Waals surface area contributed by atoms with Gasteiger partial charge in [-0.3, -0.25) is 5.10 Å². The number of anilines is 2. The van der Waals surface area contributed by atoms with Gasteiger partial charge < -0.3 is 9.80 Å². The predicted molar refractivity (Wildman–Crippen MR) is 92.1 cm³/mol. The number of nitrogens with zero attached hydrogens (tertiary/aromatic N) is 6. The standard InChI is InChI=1S/C16H20N8/c1-11-15(12(2)18-17-11)24-8-6-23(7-9-24)14-5-3-4-13(10-14)16-19-21-22-20-16/h3-5,10H,6-9H2,1-2H3,(H,17,18)(H,19,20,21,22). The smallest absolute Gasteiger partial charge is 0.204 e. The predicted octanol–water partition coefficient (Wildman–Crippen LogP) is 1.53. The van der Waals surface area contributed by atoms with Crippen molar-refractivity contribution in [1.82, 2.24) is 30.8 Å². The molecule has 3 aromatic rings. The number of rotatable bonds is 3. The van der Waals surface area contributed by atoms with Gasteiger partial charge in [-0.1, -0.05) is 12.1 Å². The summed E-state index contributed by atoms with van der Waals surface area (Å²) in [7, 11) is 0. The number of tetrazole rings is 1. The molecule has 0 aliphatic carbocycles. The molecule has 0 saturated carbocycles. The number of aromatic nitrogens is 6. The molecule has 2 aromatic heterocycles.